The highest BCUT2D eigenvalue weighted by atomic mass is 32.2. The highest BCUT2D eigenvalue weighted by Gasteiger charge is 2.23. The summed E-state index contributed by atoms with van der Waals surface area (Å²) < 4.78 is 18.9. The molecule has 23 heavy (non-hydrogen) atoms. The molecule has 3 nitrogen and oxygen atoms in total. The van der Waals surface area contributed by atoms with Gasteiger partial charge in [-0.05, 0) is 48.7 Å². The topological polar surface area (TPSA) is 29.5 Å². The van der Waals surface area contributed by atoms with Crippen molar-refractivity contribution in [3.8, 4) is 5.75 Å². The molecule has 0 saturated carbocycles. The van der Waals surface area contributed by atoms with E-state index in [4.69, 9.17) is 4.74 Å². The first kappa shape index (κ1) is 15.9. The fourth-order valence-electron chi connectivity index (χ4n) is 2.74. The first-order valence-corrected chi connectivity index (χ1v) is 8.52. The molecule has 3 rings (SSSR count). The Morgan fingerprint density at radius 3 is 2.91 bits per heavy atom. The van der Waals surface area contributed by atoms with Gasteiger partial charge in [-0.3, -0.25) is 4.79 Å². The van der Waals surface area contributed by atoms with E-state index in [2.05, 4.69) is 0 Å². The lowest BCUT2D eigenvalue weighted by Crippen LogP contribution is -2.36. The van der Waals surface area contributed by atoms with Crippen LogP contribution in [-0.4, -0.2) is 25.3 Å². The molecule has 0 bridgehead atoms. The Morgan fingerprint density at radius 2 is 2.13 bits per heavy atom. The Hall–Kier alpha value is -2.01. The number of anilines is 1. The maximum absolute atomic E-state index is 13.6. The molecule has 0 N–H and O–H groups in total. The van der Waals surface area contributed by atoms with E-state index >= 15 is 0 Å². The summed E-state index contributed by atoms with van der Waals surface area (Å²) in [5.41, 5.74) is 2.07. The number of amides is 1. The Bertz CT molecular complexity index is 720. The van der Waals surface area contributed by atoms with Gasteiger partial charge in [-0.2, -0.15) is 0 Å². The Labute approximate surface area is 139 Å². The molecule has 1 aliphatic heterocycles. The van der Waals surface area contributed by atoms with E-state index in [9.17, 15) is 9.18 Å². The Kier molecular flexibility index (Phi) is 4.86. The van der Waals surface area contributed by atoms with E-state index in [0.717, 1.165) is 29.8 Å². The van der Waals surface area contributed by atoms with Crippen molar-refractivity contribution < 1.29 is 13.9 Å². The molecule has 1 aliphatic rings. The van der Waals surface area contributed by atoms with Crippen LogP contribution < -0.4 is 9.64 Å². The number of fused-ring (bicyclic) bond motifs is 1. The van der Waals surface area contributed by atoms with Crippen molar-refractivity contribution in [2.75, 3.05) is 24.3 Å². The number of nitrogens with zero attached hydrogens (tertiary/aromatic N) is 1. The number of hydrogen-bond acceptors (Lipinski definition) is 3. The number of aryl methyl sites for hydroxylation is 1. The molecule has 0 unspecified atom stereocenters. The van der Waals surface area contributed by atoms with Gasteiger partial charge in [0, 0.05) is 17.1 Å². The summed E-state index contributed by atoms with van der Waals surface area (Å²) in [6.45, 7) is 0.704. The van der Waals surface area contributed by atoms with Crippen LogP contribution in [0.4, 0.5) is 10.1 Å². The monoisotopic (exact) mass is 331 g/mol. The van der Waals surface area contributed by atoms with Crippen LogP contribution in [0.3, 0.4) is 0 Å². The van der Waals surface area contributed by atoms with Crippen LogP contribution in [0.1, 0.15) is 12.0 Å². The molecule has 0 saturated heterocycles. The maximum Gasteiger partial charge on any atom is 0.237 e. The quantitative estimate of drug-likeness (QED) is 0.796. The Morgan fingerprint density at radius 1 is 1.30 bits per heavy atom. The standard InChI is InChI=1S/C18H18FNO2S/c1-22-14-8-9-16-13(11-14)5-4-10-20(16)18(21)12-23-17-7-3-2-6-15(17)19/h2-3,6-9,11H,4-5,10,12H2,1H3. The highest BCUT2D eigenvalue weighted by Crippen LogP contribution is 2.31. The van der Waals surface area contributed by atoms with Gasteiger partial charge in [0.05, 0.1) is 12.9 Å². The minimum atomic E-state index is -0.283. The van der Waals surface area contributed by atoms with Gasteiger partial charge in [-0.1, -0.05) is 12.1 Å². The minimum Gasteiger partial charge on any atom is -0.497 e. The second kappa shape index (κ2) is 7.04. The zero-order valence-corrected chi connectivity index (χ0v) is 13.7. The number of ether oxygens (including phenoxy) is 1. The third-order valence-corrected chi connectivity index (χ3v) is 4.93. The highest BCUT2D eigenvalue weighted by molar-refractivity contribution is 8.00. The molecule has 1 heterocycles. The van der Waals surface area contributed by atoms with Crippen molar-refractivity contribution in [1.29, 1.82) is 0 Å². The van der Waals surface area contributed by atoms with Gasteiger partial charge in [0.25, 0.3) is 0 Å². The minimum absolute atomic E-state index is 0.00405. The average molecular weight is 331 g/mol. The SMILES string of the molecule is COc1ccc2c(c1)CCCN2C(=O)CSc1ccccc1F. The Balaban J connectivity index is 1.73. The number of benzene rings is 2. The summed E-state index contributed by atoms with van der Waals surface area (Å²) in [7, 11) is 1.64. The molecule has 0 radical (unpaired) electrons. The number of thioether (sulfide) groups is 1. The molecular weight excluding hydrogens is 313 g/mol. The zero-order chi connectivity index (χ0) is 16.2. The van der Waals surface area contributed by atoms with Crippen molar-refractivity contribution in [2.45, 2.75) is 17.7 Å². The van der Waals surface area contributed by atoms with Crippen LogP contribution in [0.2, 0.25) is 0 Å². The summed E-state index contributed by atoms with van der Waals surface area (Å²) in [6.07, 6.45) is 1.87. The molecule has 0 aromatic heterocycles. The van der Waals surface area contributed by atoms with Crippen molar-refractivity contribution in [3.63, 3.8) is 0 Å². The summed E-state index contributed by atoms with van der Waals surface area (Å²) in [5, 5.41) is 0. The number of halogens is 1. The molecule has 2 aromatic carbocycles. The van der Waals surface area contributed by atoms with E-state index in [1.165, 1.54) is 17.8 Å². The normalized spacial score (nSPS) is 13.6. The number of hydrogen-bond donors (Lipinski definition) is 0. The molecule has 0 aliphatic carbocycles. The molecule has 0 atom stereocenters. The van der Waals surface area contributed by atoms with E-state index in [0.29, 0.717) is 11.4 Å². The number of carbonyl (C=O) groups is 1. The summed E-state index contributed by atoms with van der Waals surface area (Å²) in [6, 6.07) is 12.3. The first-order chi connectivity index (χ1) is 11.2. The smallest absolute Gasteiger partial charge is 0.237 e. The second-order valence-electron chi connectivity index (χ2n) is 5.36. The number of carbonyl (C=O) groups excluding carboxylic acids is 1. The fourth-order valence-corrected chi connectivity index (χ4v) is 3.55. The maximum atomic E-state index is 13.6. The predicted molar refractivity (Wildman–Crippen MR) is 90.8 cm³/mol. The molecule has 1 amide bonds. The second-order valence-corrected chi connectivity index (χ2v) is 6.38. The average Bonchev–Trinajstić information content (AvgIpc) is 2.59. The van der Waals surface area contributed by atoms with Gasteiger partial charge in [0.1, 0.15) is 11.6 Å². The molecule has 5 heteroatoms. The lowest BCUT2D eigenvalue weighted by molar-refractivity contribution is -0.116. The first-order valence-electron chi connectivity index (χ1n) is 7.53. The molecular formula is C18H18FNO2S. The third-order valence-electron chi connectivity index (χ3n) is 3.89. The van der Waals surface area contributed by atoms with E-state index in [1.807, 2.05) is 18.2 Å². The van der Waals surface area contributed by atoms with Crippen LogP contribution in [0, 0.1) is 5.82 Å². The fraction of sp³-hybridized carbons (Fsp3) is 0.278. The van der Waals surface area contributed by atoms with Gasteiger partial charge in [0.15, 0.2) is 0 Å². The molecule has 2 aromatic rings. The van der Waals surface area contributed by atoms with Crippen LogP contribution in [0.5, 0.6) is 5.75 Å². The van der Waals surface area contributed by atoms with Gasteiger partial charge in [-0.25, -0.2) is 4.39 Å². The third kappa shape index (κ3) is 3.50. The van der Waals surface area contributed by atoms with Gasteiger partial charge in [0.2, 0.25) is 5.91 Å². The lowest BCUT2D eigenvalue weighted by Gasteiger charge is -2.29. The zero-order valence-electron chi connectivity index (χ0n) is 12.9. The van der Waals surface area contributed by atoms with Crippen molar-refractivity contribution in [1.82, 2.24) is 0 Å². The number of rotatable bonds is 4. The van der Waals surface area contributed by atoms with Crippen molar-refractivity contribution in [3.05, 3.63) is 53.8 Å². The van der Waals surface area contributed by atoms with E-state index in [-0.39, 0.29) is 17.5 Å². The van der Waals surface area contributed by atoms with Crippen LogP contribution in [0.15, 0.2) is 47.4 Å². The van der Waals surface area contributed by atoms with E-state index < -0.39 is 0 Å². The molecule has 0 spiro atoms. The largest absolute Gasteiger partial charge is 0.497 e. The summed E-state index contributed by atoms with van der Waals surface area (Å²) >= 11 is 1.24. The molecule has 0 fully saturated rings. The van der Waals surface area contributed by atoms with Crippen LogP contribution >= 0.6 is 11.8 Å². The lowest BCUT2D eigenvalue weighted by atomic mass is 10.0. The summed E-state index contributed by atoms with van der Waals surface area (Å²) in [5.74, 6) is 0.754. The van der Waals surface area contributed by atoms with Crippen LogP contribution in [0.25, 0.3) is 0 Å². The predicted octanol–water partition coefficient (Wildman–Crippen LogP) is 3.91. The molecule has 120 valence electrons. The van der Waals surface area contributed by atoms with Gasteiger partial charge < -0.3 is 9.64 Å². The van der Waals surface area contributed by atoms with Gasteiger partial charge >= 0.3 is 0 Å². The van der Waals surface area contributed by atoms with Gasteiger partial charge in [-0.15, -0.1) is 11.8 Å². The van der Waals surface area contributed by atoms with Crippen molar-refractivity contribution in [2.24, 2.45) is 0 Å². The van der Waals surface area contributed by atoms with Crippen molar-refractivity contribution >= 4 is 23.4 Å². The van der Waals surface area contributed by atoms with Crippen LogP contribution in [-0.2, 0) is 11.2 Å². The number of methoxy groups -OCH3 is 1. The van der Waals surface area contributed by atoms with E-state index in [1.54, 1.807) is 30.2 Å². The summed E-state index contributed by atoms with van der Waals surface area (Å²) in [4.78, 5) is 14.9.